The third kappa shape index (κ3) is 1.87. The highest BCUT2D eigenvalue weighted by molar-refractivity contribution is 5.27. The van der Waals surface area contributed by atoms with Gasteiger partial charge in [-0.05, 0) is 31.4 Å². The largest absolute Gasteiger partial charge is 0.491 e. The van der Waals surface area contributed by atoms with E-state index in [0.717, 1.165) is 24.2 Å². The molecule has 1 aromatic heterocycles. The highest BCUT2D eigenvalue weighted by Gasteiger charge is 2.29. The molecule has 1 N–H and O–H groups in total. The molecule has 1 fully saturated rings. The Labute approximate surface area is 83.7 Å². The summed E-state index contributed by atoms with van der Waals surface area (Å²) < 4.78 is 5.59. The predicted molar refractivity (Wildman–Crippen MR) is 53.2 cm³/mol. The molecule has 0 spiro atoms. The van der Waals surface area contributed by atoms with Crippen LogP contribution in [0.25, 0.3) is 0 Å². The molecule has 2 atom stereocenters. The van der Waals surface area contributed by atoms with Crippen LogP contribution in [0, 0.1) is 12.8 Å². The fourth-order valence-electron chi connectivity index (χ4n) is 1.54. The molecule has 0 saturated heterocycles. The van der Waals surface area contributed by atoms with Crippen molar-refractivity contribution >= 4 is 0 Å². The summed E-state index contributed by atoms with van der Waals surface area (Å²) in [6.07, 6.45) is 5.30. The number of ether oxygens (including phenoxy) is 1. The van der Waals surface area contributed by atoms with E-state index in [4.69, 9.17) is 4.74 Å². The zero-order valence-electron chi connectivity index (χ0n) is 8.31. The van der Waals surface area contributed by atoms with E-state index in [1.807, 2.05) is 13.0 Å². The van der Waals surface area contributed by atoms with Gasteiger partial charge in [-0.2, -0.15) is 0 Å². The topological polar surface area (TPSA) is 42.4 Å². The van der Waals surface area contributed by atoms with Gasteiger partial charge in [0.2, 0.25) is 0 Å². The molecule has 1 heterocycles. The lowest BCUT2D eigenvalue weighted by molar-refractivity contribution is -0.00151. The van der Waals surface area contributed by atoms with Crippen LogP contribution in [0.1, 0.15) is 18.4 Å². The van der Waals surface area contributed by atoms with E-state index >= 15 is 0 Å². The highest BCUT2D eigenvalue weighted by atomic mass is 16.5. The lowest BCUT2D eigenvalue weighted by Crippen LogP contribution is -2.35. The normalized spacial score (nSPS) is 25.6. The van der Waals surface area contributed by atoms with Gasteiger partial charge >= 0.3 is 0 Å². The predicted octanol–water partition coefficient (Wildman–Crippen LogP) is 1.54. The first kappa shape index (κ1) is 9.46. The molecule has 3 heteroatoms. The quantitative estimate of drug-likeness (QED) is 0.791. The lowest BCUT2D eigenvalue weighted by atomic mass is 9.83. The standard InChI is InChI=1S/C11H15NO2/c1-8-4-5-12-6-11(8)14-7-9-2-3-10(9)13/h4-6,9-10,13H,2-3,7H2,1H3/t9-,10-/m1/s1. The highest BCUT2D eigenvalue weighted by Crippen LogP contribution is 2.28. The van der Waals surface area contributed by atoms with Crippen molar-refractivity contribution in [2.45, 2.75) is 25.9 Å². The van der Waals surface area contributed by atoms with Crippen molar-refractivity contribution < 1.29 is 9.84 Å². The van der Waals surface area contributed by atoms with Crippen molar-refractivity contribution in [3.63, 3.8) is 0 Å². The maximum absolute atomic E-state index is 9.36. The minimum Gasteiger partial charge on any atom is -0.491 e. The molecule has 2 rings (SSSR count). The summed E-state index contributed by atoms with van der Waals surface area (Å²) in [5, 5.41) is 9.36. The third-order valence-electron chi connectivity index (χ3n) is 2.82. The first-order chi connectivity index (χ1) is 6.77. The van der Waals surface area contributed by atoms with E-state index in [-0.39, 0.29) is 6.10 Å². The number of aromatic nitrogens is 1. The minimum absolute atomic E-state index is 0.160. The van der Waals surface area contributed by atoms with Gasteiger partial charge < -0.3 is 9.84 Å². The van der Waals surface area contributed by atoms with E-state index in [9.17, 15) is 5.11 Å². The Bertz CT molecular complexity index is 314. The van der Waals surface area contributed by atoms with Gasteiger partial charge in [-0.25, -0.2) is 0 Å². The van der Waals surface area contributed by atoms with Gasteiger partial charge in [0, 0.05) is 12.1 Å². The summed E-state index contributed by atoms with van der Waals surface area (Å²) in [6, 6.07) is 1.92. The summed E-state index contributed by atoms with van der Waals surface area (Å²) in [5.41, 5.74) is 1.09. The van der Waals surface area contributed by atoms with Crippen molar-refractivity contribution in [2.24, 2.45) is 5.92 Å². The molecule has 14 heavy (non-hydrogen) atoms. The van der Waals surface area contributed by atoms with Crippen molar-refractivity contribution in [1.29, 1.82) is 0 Å². The van der Waals surface area contributed by atoms with Crippen molar-refractivity contribution in [3.8, 4) is 5.75 Å². The molecular formula is C11H15NO2. The summed E-state index contributed by atoms with van der Waals surface area (Å²) in [6.45, 7) is 2.60. The molecule has 0 radical (unpaired) electrons. The second-order valence-corrected chi connectivity index (χ2v) is 3.86. The molecular weight excluding hydrogens is 178 g/mol. The van der Waals surface area contributed by atoms with Gasteiger partial charge in [0.15, 0.2) is 0 Å². The Hall–Kier alpha value is -1.09. The smallest absolute Gasteiger partial charge is 0.140 e. The lowest BCUT2D eigenvalue weighted by Gasteiger charge is -2.32. The molecule has 1 aliphatic carbocycles. The number of aryl methyl sites for hydroxylation is 1. The number of hydrogen-bond acceptors (Lipinski definition) is 3. The first-order valence-electron chi connectivity index (χ1n) is 4.99. The Balaban J connectivity index is 1.88. The van der Waals surface area contributed by atoms with Gasteiger partial charge in [0.05, 0.1) is 18.9 Å². The Morgan fingerprint density at radius 2 is 2.43 bits per heavy atom. The number of pyridine rings is 1. The zero-order valence-corrected chi connectivity index (χ0v) is 8.31. The molecule has 76 valence electrons. The molecule has 0 aliphatic heterocycles. The van der Waals surface area contributed by atoms with Crippen LogP contribution >= 0.6 is 0 Å². The Morgan fingerprint density at radius 1 is 1.57 bits per heavy atom. The van der Waals surface area contributed by atoms with Gasteiger partial charge in [0.25, 0.3) is 0 Å². The molecule has 3 nitrogen and oxygen atoms in total. The van der Waals surface area contributed by atoms with E-state index in [0.29, 0.717) is 12.5 Å². The van der Waals surface area contributed by atoms with Crippen LogP contribution in [0.2, 0.25) is 0 Å². The molecule has 0 unspecified atom stereocenters. The van der Waals surface area contributed by atoms with Crippen LogP contribution in [0.5, 0.6) is 5.75 Å². The number of nitrogens with zero attached hydrogens (tertiary/aromatic N) is 1. The van der Waals surface area contributed by atoms with E-state index in [1.54, 1.807) is 12.4 Å². The summed E-state index contributed by atoms with van der Waals surface area (Å²) in [5.74, 6) is 1.14. The van der Waals surface area contributed by atoms with E-state index < -0.39 is 0 Å². The van der Waals surface area contributed by atoms with E-state index in [2.05, 4.69) is 4.98 Å². The molecule has 0 aromatic carbocycles. The van der Waals surface area contributed by atoms with Crippen LogP contribution in [-0.2, 0) is 0 Å². The first-order valence-corrected chi connectivity index (χ1v) is 4.99. The van der Waals surface area contributed by atoms with Gasteiger partial charge in [-0.15, -0.1) is 0 Å². The Kier molecular flexibility index (Phi) is 2.68. The van der Waals surface area contributed by atoms with Gasteiger partial charge in [-0.1, -0.05) is 0 Å². The molecule has 0 amide bonds. The van der Waals surface area contributed by atoms with Crippen molar-refractivity contribution in [3.05, 3.63) is 24.0 Å². The van der Waals surface area contributed by atoms with Crippen LogP contribution in [0.15, 0.2) is 18.5 Å². The number of aliphatic hydroxyl groups excluding tert-OH is 1. The average Bonchev–Trinajstić information content (AvgIpc) is 2.19. The van der Waals surface area contributed by atoms with Gasteiger partial charge in [0.1, 0.15) is 5.75 Å². The SMILES string of the molecule is Cc1ccncc1OC[C@H]1CC[C@H]1O. The maximum Gasteiger partial charge on any atom is 0.140 e. The Morgan fingerprint density at radius 3 is 3.00 bits per heavy atom. The molecule has 1 aromatic rings. The second kappa shape index (κ2) is 3.96. The summed E-state index contributed by atoms with van der Waals surface area (Å²) >= 11 is 0. The molecule has 1 aliphatic rings. The summed E-state index contributed by atoms with van der Waals surface area (Å²) in [4.78, 5) is 4.00. The van der Waals surface area contributed by atoms with Crippen LogP contribution in [0.3, 0.4) is 0 Å². The fourth-order valence-corrected chi connectivity index (χ4v) is 1.54. The van der Waals surface area contributed by atoms with Crippen LogP contribution in [0.4, 0.5) is 0 Å². The van der Waals surface area contributed by atoms with Crippen molar-refractivity contribution in [2.75, 3.05) is 6.61 Å². The molecule has 1 saturated carbocycles. The second-order valence-electron chi connectivity index (χ2n) is 3.86. The number of rotatable bonds is 3. The van der Waals surface area contributed by atoms with Crippen LogP contribution in [-0.4, -0.2) is 22.8 Å². The van der Waals surface area contributed by atoms with Crippen molar-refractivity contribution in [1.82, 2.24) is 4.98 Å². The number of aliphatic hydroxyl groups is 1. The maximum atomic E-state index is 9.36. The monoisotopic (exact) mass is 193 g/mol. The summed E-state index contributed by atoms with van der Waals surface area (Å²) in [7, 11) is 0. The third-order valence-corrected chi connectivity index (χ3v) is 2.82. The fraction of sp³-hybridized carbons (Fsp3) is 0.545. The minimum atomic E-state index is -0.160. The van der Waals surface area contributed by atoms with Gasteiger partial charge in [-0.3, -0.25) is 4.98 Å². The number of hydrogen-bond donors (Lipinski definition) is 1. The zero-order chi connectivity index (χ0) is 9.97. The average molecular weight is 193 g/mol. The van der Waals surface area contributed by atoms with Crippen LogP contribution < -0.4 is 4.74 Å². The molecule has 0 bridgehead atoms. The van der Waals surface area contributed by atoms with E-state index in [1.165, 1.54) is 0 Å².